The van der Waals surface area contributed by atoms with Gasteiger partial charge in [0.25, 0.3) is 5.91 Å². The third-order valence-corrected chi connectivity index (χ3v) is 3.81. The Morgan fingerprint density at radius 3 is 2.75 bits per heavy atom. The van der Waals surface area contributed by atoms with Gasteiger partial charge in [-0.3, -0.25) is 14.5 Å². The smallest absolute Gasteiger partial charge is 0.252 e. The number of carbonyl (C=O) groups excluding carboxylic acids is 2. The molecule has 2 fully saturated rings. The third kappa shape index (κ3) is 1.79. The molecule has 6 nitrogen and oxygen atoms in total. The van der Waals surface area contributed by atoms with Gasteiger partial charge in [-0.2, -0.15) is 0 Å². The second-order valence-electron chi connectivity index (χ2n) is 5.30. The van der Waals surface area contributed by atoms with E-state index in [0.717, 1.165) is 18.5 Å². The summed E-state index contributed by atoms with van der Waals surface area (Å²) in [5.74, 6) is 1.17. The Kier molecular flexibility index (Phi) is 2.39. The second-order valence-corrected chi connectivity index (χ2v) is 5.30. The van der Waals surface area contributed by atoms with Gasteiger partial charge in [-0.15, -0.1) is 0 Å². The van der Waals surface area contributed by atoms with Crippen molar-refractivity contribution in [1.29, 1.82) is 0 Å². The summed E-state index contributed by atoms with van der Waals surface area (Å²) in [6.07, 6.45) is 2.10. The van der Waals surface area contributed by atoms with Gasteiger partial charge in [-0.1, -0.05) is 0 Å². The topological polar surface area (TPSA) is 67.9 Å². The van der Waals surface area contributed by atoms with E-state index in [0.29, 0.717) is 11.5 Å². The minimum atomic E-state index is -0.469. The second kappa shape index (κ2) is 4.13. The van der Waals surface area contributed by atoms with Gasteiger partial charge in [0.1, 0.15) is 6.04 Å². The molecule has 1 aromatic rings. The quantitative estimate of drug-likeness (QED) is 0.836. The number of rotatable bonds is 3. The number of nitrogens with one attached hydrogen (secondary N) is 1. The molecule has 2 heterocycles. The summed E-state index contributed by atoms with van der Waals surface area (Å²) in [7, 11) is 0. The zero-order chi connectivity index (χ0) is 13.7. The summed E-state index contributed by atoms with van der Waals surface area (Å²) < 4.78 is 10.5. The van der Waals surface area contributed by atoms with Crippen molar-refractivity contribution in [2.45, 2.75) is 31.3 Å². The number of benzene rings is 1. The fourth-order valence-corrected chi connectivity index (χ4v) is 2.67. The van der Waals surface area contributed by atoms with Crippen LogP contribution in [0.5, 0.6) is 11.5 Å². The average molecular weight is 274 g/mol. The first-order chi connectivity index (χ1) is 9.72. The van der Waals surface area contributed by atoms with E-state index in [1.165, 1.54) is 4.90 Å². The number of carbonyl (C=O) groups is 2. The number of anilines is 1. The Labute approximate surface area is 115 Å². The van der Waals surface area contributed by atoms with Gasteiger partial charge < -0.3 is 14.8 Å². The predicted octanol–water partition coefficient (Wildman–Crippen LogP) is 1.12. The van der Waals surface area contributed by atoms with E-state index >= 15 is 0 Å². The van der Waals surface area contributed by atoms with Crippen LogP contribution in [0.2, 0.25) is 0 Å². The van der Waals surface area contributed by atoms with Crippen LogP contribution in [0.15, 0.2) is 18.2 Å². The standard InChI is InChI=1S/C14H14N2O4/c17-13-6-10(14(18)16(13)9-2-3-9)15-8-1-4-11-12(5-8)20-7-19-11/h1,4-5,9-10,15H,2-3,6-7H2. The molecule has 1 saturated heterocycles. The van der Waals surface area contributed by atoms with E-state index < -0.39 is 6.04 Å². The highest BCUT2D eigenvalue weighted by molar-refractivity contribution is 6.07. The maximum atomic E-state index is 12.2. The molecule has 1 N–H and O–H groups in total. The lowest BCUT2D eigenvalue weighted by molar-refractivity contribution is -0.139. The Balaban J connectivity index is 1.52. The SMILES string of the molecule is O=C1CC(Nc2ccc3c(c2)OCO3)C(=O)N1C1CC1. The molecule has 0 spiro atoms. The maximum Gasteiger partial charge on any atom is 0.252 e. The van der Waals surface area contributed by atoms with Crippen molar-refractivity contribution >= 4 is 17.5 Å². The van der Waals surface area contributed by atoms with Gasteiger partial charge in [0, 0.05) is 17.8 Å². The van der Waals surface area contributed by atoms with Crippen molar-refractivity contribution < 1.29 is 19.1 Å². The molecule has 2 aliphatic heterocycles. The average Bonchev–Trinajstić information content (AvgIpc) is 3.07. The lowest BCUT2D eigenvalue weighted by Gasteiger charge is -2.15. The van der Waals surface area contributed by atoms with Crippen LogP contribution in [0.4, 0.5) is 5.69 Å². The molecule has 6 heteroatoms. The molecular formula is C14H14N2O4. The zero-order valence-corrected chi connectivity index (χ0v) is 10.8. The summed E-state index contributed by atoms with van der Waals surface area (Å²) in [5.41, 5.74) is 0.762. The van der Waals surface area contributed by atoms with Crippen LogP contribution in [0, 0.1) is 0 Å². The molecule has 1 unspecified atom stereocenters. The van der Waals surface area contributed by atoms with E-state index in [1.807, 2.05) is 6.07 Å². The zero-order valence-electron chi connectivity index (χ0n) is 10.8. The van der Waals surface area contributed by atoms with Gasteiger partial charge >= 0.3 is 0 Å². The van der Waals surface area contributed by atoms with Gasteiger partial charge in [-0.25, -0.2) is 0 Å². The van der Waals surface area contributed by atoms with Gasteiger partial charge in [0.15, 0.2) is 11.5 Å². The molecular weight excluding hydrogens is 260 g/mol. The monoisotopic (exact) mass is 274 g/mol. The van der Waals surface area contributed by atoms with Gasteiger partial charge in [-0.05, 0) is 25.0 Å². The highest BCUT2D eigenvalue weighted by atomic mass is 16.7. The number of hydrogen-bond acceptors (Lipinski definition) is 5. The van der Waals surface area contributed by atoms with Crippen molar-refractivity contribution in [3.63, 3.8) is 0 Å². The summed E-state index contributed by atoms with van der Waals surface area (Å²) in [6.45, 7) is 0.217. The molecule has 1 atom stereocenters. The first kappa shape index (κ1) is 11.6. The third-order valence-electron chi connectivity index (χ3n) is 3.81. The molecule has 104 valence electrons. The molecule has 0 bridgehead atoms. The highest BCUT2D eigenvalue weighted by Crippen LogP contribution is 2.36. The maximum absolute atomic E-state index is 12.2. The van der Waals surface area contributed by atoms with Crippen LogP contribution >= 0.6 is 0 Å². The largest absolute Gasteiger partial charge is 0.454 e. The lowest BCUT2D eigenvalue weighted by Crippen LogP contribution is -2.36. The van der Waals surface area contributed by atoms with Crippen LogP contribution in [0.1, 0.15) is 19.3 Å². The minimum absolute atomic E-state index is 0.0734. The van der Waals surface area contributed by atoms with E-state index in [-0.39, 0.29) is 31.1 Å². The van der Waals surface area contributed by atoms with Crippen molar-refractivity contribution in [2.75, 3.05) is 12.1 Å². The van der Waals surface area contributed by atoms with Crippen molar-refractivity contribution in [3.8, 4) is 11.5 Å². The van der Waals surface area contributed by atoms with E-state index in [1.54, 1.807) is 12.1 Å². The number of hydrogen-bond donors (Lipinski definition) is 1. The fourth-order valence-electron chi connectivity index (χ4n) is 2.67. The van der Waals surface area contributed by atoms with E-state index in [2.05, 4.69) is 5.32 Å². The normalized spacial score (nSPS) is 24.4. The van der Waals surface area contributed by atoms with Gasteiger partial charge in [0.2, 0.25) is 12.7 Å². The van der Waals surface area contributed by atoms with E-state index in [4.69, 9.17) is 9.47 Å². The molecule has 0 aromatic heterocycles. The molecule has 1 aliphatic carbocycles. The van der Waals surface area contributed by atoms with Crippen LogP contribution in [0.3, 0.4) is 0 Å². The summed E-state index contributed by atoms with van der Waals surface area (Å²) in [6, 6.07) is 5.08. The Hall–Kier alpha value is -2.24. The van der Waals surface area contributed by atoms with Crippen molar-refractivity contribution in [2.24, 2.45) is 0 Å². The number of amides is 2. The molecule has 3 aliphatic rings. The molecule has 0 radical (unpaired) electrons. The van der Waals surface area contributed by atoms with Crippen LogP contribution in [-0.4, -0.2) is 35.6 Å². The predicted molar refractivity (Wildman–Crippen MR) is 69.5 cm³/mol. The number of likely N-dealkylation sites (tertiary alicyclic amines) is 1. The molecule has 1 saturated carbocycles. The van der Waals surface area contributed by atoms with Crippen LogP contribution in [0.25, 0.3) is 0 Å². The Bertz CT molecular complexity index is 597. The Morgan fingerprint density at radius 1 is 1.15 bits per heavy atom. The number of fused-ring (bicyclic) bond motifs is 1. The molecule has 4 rings (SSSR count). The number of imide groups is 1. The fraction of sp³-hybridized carbons (Fsp3) is 0.429. The number of nitrogens with zero attached hydrogens (tertiary/aromatic N) is 1. The molecule has 20 heavy (non-hydrogen) atoms. The molecule has 2 amide bonds. The van der Waals surface area contributed by atoms with Gasteiger partial charge in [0.05, 0.1) is 6.42 Å². The summed E-state index contributed by atoms with van der Waals surface area (Å²) >= 11 is 0. The van der Waals surface area contributed by atoms with Crippen LogP contribution < -0.4 is 14.8 Å². The minimum Gasteiger partial charge on any atom is -0.454 e. The van der Waals surface area contributed by atoms with Crippen molar-refractivity contribution in [3.05, 3.63) is 18.2 Å². The summed E-state index contributed by atoms with van der Waals surface area (Å²) in [5, 5.41) is 3.12. The number of ether oxygens (including phenoxy) is 2. The van der Waals surface area contributed by atoms with E-state index in [9.17, 15) is 9.59 Å². The summed E-state index contributed by atoms with van der Waals surface area (Å²) in [4.78, 5) is 25.5. The first-order valence-corrected chi connectivity index (χ1v) is 6.74. The van der Waals surface area contributed by atoms with Crippen LogP contribution in [-0.2, 0) is 9.59 Å². The molecule has 1 aromatic carbocycles. The first-order valence-electron chi connectivity index (χ1n) is 6.74. The lowest BCUT2D eigenvalue weighted by atomic mass is 10.2. The highest BCUT2D eigenvalue weighted by Gasteiger charge is 2.46. The van der Waals surface area contributed by atoms with Crippen molar-refractivity contribution in [1.82, 2.24) is 4.90 Å². The Morgan fingerprint density at radius 2 is 1.95 bits per heavy atom.